The molecule has 0 saturated carbocycles. The third-order valence-corrected chi connectivity index (χ3v) is 3.42. The van der Waals surface area contributed by atoms with Gasteiger partial charge in [0.05, 0.1) is 12.8 Å². The van der Waals surface area contributed by atoms with Gasteiger partial charge in [-0.3, -0.25) is 0 Å². The number of nitrogens with zero attached hydrogens (tertiary/aromatic N) is 2. The summed E-state index contributed by atoms with van der Waals surface area (Å²) in [5.41, 5.74) is 3.59. The highest BCUT2D eigenvalue weighted by atomic mass is 16.5. The van der Waals surface area contributed by atoms with E-state index < -0.39 is 0 Å². The predicted octanol–water partition coefficient (Wildman–Crippen LogP) is 3.19. The van der Waals surface area contributed by atoms with Crippen LogP contribution in [0.25, 0.3) is 0 Å². The maximum Gasteiger partial charge on any atom is 0.141 e. The van der Waals surface area contributed by atoms with Crippen LogP contribution in [0.5, 0.6) is 5.75 Å². The first-order valence-corrected chi connectivity index (χ1v) is 7.32. The number of hydrogen-bond donors (Lipinski definition) is 1. The van der Waals surface area contributed by atoms with Crippen LogP contribution in [0.3, 0.4) is 0 Å². The molecule has 2 rings (SSSR count). The van der Waals surface area contributed by atoms with Gasteiger partial charge in [-0.05, 0) is 50.3 Å². The van der Waals surface area contributed by atoms with Crippen LogP contribution in [0.2, 0.25) is 0 Å². The third-order valence-electron chi connectivity index (χ3n) is 3.42. The summed E-state index contributed by atoms with van der Waals surface area (Å²) in [7, 11) is 5.86. The topological polar surface area (TPSA) is 29.4 Å². The Hall–Kier alpha value is -1.94. The van der Waals surface area contributed by atoms with Gasteiger partial charge >= 0.3 is 0 Å². The Morgan fingerprint density at radius 1 is 1.19 bits per heavy atom. The van der Waals surface area contributed by atoms with E-state index in [0.29, 0.717) is 0 Å². The van der Waals surface area contributed by atoms with Crippen molar-refractivity contribution in [3.05, 3.63) is 47.8 Å². The highest BCUT2D eigenvalue weighted by molar-refractivity contribution is 5.58. The monoisotopic (exact) mass is 287 g/mol. The standard InChI is InChI=1S/C17H25N3O/c1-5-20-9-8-15(13-20)11-18-16-10-14(12-19(2)3)6-7-17(16)21-4/h6-10,13,18H,5,11-12H2,1-4H3. The molecule has 0 aliphatic carbocycles. The molecular formula is C17H25N3O. The maximum absolute atomic E-state index is 5.44. The fourth-order valence-corrected chi connectivity index (χ4v) is 2.35. The van der Waals surface area contributed by atoms with Crippen LogP contribution in [0.4, 0.5) is 5.69 Å². The van der Waals surface area contributed by atoms with Crippen LogP contribution in [0.1, 0.15) is 18.1 Å². The van der Waals surface area contributed by atoms with Crippen LogP contribution in [0, 0.1) is 0 Å². The van der Waals surface area contributed by atoms with Crippen LogP contribution < -0.4 is 10.1 Å². The zero-order chi connectivity index (χ0) is 15.2. The van der Waals surface area contributed by atoms with Crippen molar-refractivity contribution in [3.8, 4) is 5.75 Å². The van der Waals surface area contributed by atoms with E-state index in [1.165, 1.54) is 11.1 Å². The number of benzene rings is 1. The van der Waals surface area contributed by atoms with Gasteiger partial charge in [-0.2, -0.15) is 0 Å². The van der Waals surface area contributed by atoms with E-state index in [4.69, 9.17) is 4.74 Å². The lowest BCUT2D eigenvalue weighted by Gasteiger charge is -2.15. The first-order valence-electron chi connectivity index (χ1n) is 7.32. The van der Waals surface area contributed by atoms with E-state index in [1.807, 2.05) is 6.07 Å². The number of aryl methyl sites for hydroxylation is 1. The number of aromatic nitrogens is 1. The van der Waals surface area contributed by atoms with Crippen molar-refractivity contribution >= 4 is 5.69 Å². The molecule has 2 aromatic rings. The van der Waals surface area contributed by atoms with E-state index >= 15 is 0 Å². The van der Waals surface area contributed by atoms with Gasteiger partial charge in [-0.25, -0.2) is 0 Å². The molecule has 0 aliphatic heterocycles. The summed E-state index contributed by atoms with van der Waals surface area (Å²) in [6.45, 7) is 4.87. The molecule has 0 aliphatic rings. The quantitative estimate of drug-likeness (QED) is 0.848. The summed E-state index contributed by atoms with van der Waals surface area (Å²) in [6, 6.07) is 8.44. The van der Waals surface area contributed by atoms with Crippen molar-refractivity contribution < 1.29 is 4.74 Å². The van der Waals surface area contributed by atoms with Gasteiger partial charge < -0.3 is 19.5 Å². The van der Waals surface area contributed by atoms with Gasteiger partial charge in [-0.1, -0.05) is 6.07 Å². The predicted molar refractivity (Wildman–Crippen MR) is 87.8 cm³/mol. The highest BCUT2D eigenvalue weighted by Gasteiger charge is 2.06. The molecule has 4 nitrogen and oxygen atoms in total. The normalized spacial score (nSPS) is 10.9. The molecule has 1 N–H and O–H groups in total. The lowest BCUT2D eigenvalue weighted by atomic mass is 10.1. The van der Waals surface area contributed by atoms with Crippen molar-refractivity contribution in [2.45, 2.75) is 26.6 Å². The molecular weight excluding hydrogens is 262 g/mol. The minimum Gasteiger partial charge on any atom is -0.495 e. The van der Waals surface area contributed by atoms with Gasteiger partial charge in [0.15, 0.2) is 0 Å². The number of ether oxygens (including phenoxy) is 1. The Labute approximate surface area is 127 Å². The molecule has 1 heterocycles. The molecule has 0 atom stereocenters. The van der Waals surface area contributed by atoms with E-state index in [-0.39, 0.29) is 0 Å². The molecule has 0 unspecified atom stereocenters. The van der Waals surface area contributed by atoms with Crippen molar-refractivity contribution in [2.24, 2.45) is 0 Å². The van der Waals surface area contributed by atoms with E-state index in [2.05, 4.69) is 66.4 Å². The summed E-state index contributed by atoms with van der Waals surface area (Å²) < 4.78 is 7.62. The van der Waals surface area contributed by atoms with Crippen molar-refractivity contribution in [3.63, 3.8) is 0 Å². The van der Waals surface area contributed by atoms with Crippen molar-refractivity contribution in [1.82, 2.24) is 9.47 Å². The molecule has 0 radical (unpaired) electrons. The first kappa shape index (κ1) is 15.4. The lowest BCUT2D eigenvalue weighted by Crippen LogP contribution is -2.11. The largest absolute Gasteiger partial charge is 0.495 e. The highest BCUT2D eigenvalue weighted by Crippen LogP contribution is 2.26. The van der Waals surface area contributed by atoms with Crippen molar-refractivity contribution in [1.29, 1.82) is 0 Å². The summed E-state index contributed by atoms with van der Waals surface area (Å²) in [6.07, 6.45) is 4.28. The van der Waals surface area contributed by atoms with E-state index in [1.54, 1.807) is 7.11 Å². The van der Waals surface area contributed by atoms with Gasteiger partial charge in [0.25, 0.3) is 0 Å². The number of hydrogen-bond acceptors (Lipinski definition) is 3. The Balaban J connectivity index is 2.09. The Morgan fingerprint density at radius 2 is 2.00 bits per heavy atom. The van der Waals surface area contributed by atoms with Crippen molar-refractivity contribution in [2.75, 3.05) is 26.5 Å². The number of methoxy groups -OCH3 is 1. The van der Waals surface area contributed by atoms with E-state index in [0.717, 1.165) is 31.1 Å². The second kappa shape index (κ2) is 7.18. The molecule has 1 aromatic heterocycles. The molecule has 1 aromatic carbocycles. The SMILES string of the molecule is CCn1ccc(CNc2cc(CN(C)C)ccc2OC)c1. The van der Waals surface area contributed by atoms with Crippen LogP contribution in [-0.2, 0) is 19.6 Å². The molecule has 21 heavy (non-hydrogen) atoms. The summed E-state index contributed by atoms with van der Waals surface area (Å²) in [5, 5.41) is 3.47. The van der Waals surface area contributed by atoms with Gasteiger partial charge in [0.2, 0.25) is 0 Å². The summed E-state index contributed by atoms with van der Waals surface area (Å²) in [4.78, 5) is 2.16. The molecule has 4 heteroatoms. The fourth-order valence-electron chi connectivity index (χ4n) is 2.35. The fraction of sp³-hybridized carbons (Fsp3) is 0.412. The van der Waals surface area contributed by atoms with Gasteiger partial charge in [-0.15, -0.1) is 0 Å². The third kappa shape index (κ3) is 4.26. The van der Waals surface area contributed by atoms with Crippen LogP contribution in [0.15, 0.2) is 36.7 Å². The molecule has 0 fully saturated rings. The Morgan fingerprint density at radius 3 is 2.62 bits per heavy atom. The van der Waals surface area contributed by atoms with Crippen LogP contribution >= 0.6 is 0 Å². The molecule has 114 valence electrons. The minimum absolute atomic E-state index is 0.800. The average Bonchev–Trinajstić information content (AvgIpc) is 2.92. The second-order valence-corrected chi connectivity index (χ2v) is 5.48. The number of rotatable bonds is 7. The molecule has 0 bridgehead atoms. The zero-order valence-electron chi connectivity index (χ0n) is 13.4. The second-order valence-electron chi connectivity index (χ2n) is 5.48. The molecule has 0 spiro atoms. The molecule has 0 amide bonds. The average molecular weight is 287 g/mol. The zero-order valence-corrected chi connectivity index (χ0v) is 13.4. The maximum atomic E-state index is 5.44. The smallest absolute Gasteiger partial charge is 0.141 e. The van der Waals surface area contributed by atoms with Crippen LogP contribution in [-0.4, -0.2) is 30.7 Å². The summed E-state index contributed by atoms with van der Waals surface area (Å²) in [5.74, 6) is 0.882. The number of nitrogens with one attached hydrogen (secondary N) is 1. The lowest BCUT2D eigenvalue weighted by molar-refractivity contribution is 0.400. The number of anilines is 1. The first-order chi connectivity index (χ1) is 10.1. The van der Waals surface area contributed by atoms with Gasteiger partial charge in [0.1, 0.15) is 5.75 Å². The Kier molecular flexibility index (Phi) is 5.28. The Bertz CT molecular complexity index is 575. The van der Waals surface area contributed by atoms with E-state index in [9.17, 15) is 0 Å². The van der Waals surface area contributed by atoms with Gasteiger partial charge in [0, 0.05) is 32.0 Å². The summed E-state index contributed by atoms with van der Waals surface area (Å²) >= 11 is 0. The minimum atomic E-state index is 0.800. The molecule has 0 saturated heterocycles.